The van der Waals surface area contributed by atoms with Gasteiger partial charge >= 0.3 is 0 Å². The fourth-order valence-electron chi connectivity index (χ4n) is 1.10. The molecule has 0 radical (unpaired) electrons. The van der Waals surface area contributed by atoms with Crippen molar-refractivity contribution in [1.29, 1.82) is 0 Å². The van der Waals surface area contributed by atoms with Crippen molar-refractivity contribution in [3.63, 3.8) is 0 Å². The van der Waals surface area contributed by atoms with Crippen LogP contribution in [-0.4, -0.2) is 17.3 Å². The molecule has 0 bridgehead atoms. The van der Waals surface area contributed by atoms with E-state index in [-0.39, 0.29) is 0 Å². The smallest absolute Gasteiger partial charge is 0.213 e. The van der Waals surface area contributed by atoms with Crippen LogP contribution in [0.25, 0.3) is 11.5 Å². The Morgan fingerprint density at radius 2 is 2.29 bits per heavy atom. The molecule has 0 fully saturated rings. The molecule has 0 aromatic carbocycles. The monoisotopic (exact) mass is 191 g/mol. The Hall–Kier alpha value is -2.04. The molecule has 0 unspecified atom stereocenters. The number of ether oxygens (including phenoxy) is 1. The largest absolute Gasteiger partial charge is 0.481 e. The predicted molar refractivity (Wildman–Crippen MR) is 50.7 cm³/mol. The fourth-order valence-corrected chi connectivity index (χ4v) is 1.10. The molecule has 0 amide bonds. The van der Waals surface area contributed by atoms with Gasteiger partial charge in [0, 0.05) is 6.07 Å². The summed E-state index contributed by atoms with van der Waals surface area (Å²) in [7, 11) is 1.55. The second kappa shape index (κ2) is 3.37. The van der Waals surface area contributed by atoms with Gasteiger partial charge in [-0.05, 0) is 6.07 Å². The Morgan fingerprint density at radius 3 is 2.93 bits per heavy atom. The van der Waals surface area contributed by atoms with Crippen LogP contribution in [0.5, 0.6) is 5.88 Å². The van der Waals surface area contributed by atoms with Gasteiger partial charge in [-0.25, -0.2) is 4.98 Å². The Balaban J connectivity index is 2.47. The number of rotatable bonds is 2. The number of nitrogens with two attached hydrogens (primary N) is 1. The van der Waals surface area contributed by atoms with Crippen LogP contribution >= 0.6 is 0 Å². The van der Waals surface area contributed by atoms with E-state index in [4.69, 9.17) is 15.0 Å². The van der Waals surface area contributed by atoms with Crippen molar-refractivity contribution in [2.24, 2.45) is 0 Å². The maximum Gasteiger partial charge on any atom is 0.213 e. The average molecular weight is 191 g/mol. The number of hydrogen-bond donors (Lipinski definition) is 1. The van der Waals surface area contributed by atoms with Crippen molar-refractivity contribution >= 4 is 5.69 Å². The molecule has 14 heavy (non-hydrogen) atoms. The van der Waals surface area contributed by atoms with Crippen molar-refractivity contribution in [1.82, 2.24) is 10.1 Å². The summed E-state index contributed by atoms with van der Waals surface area (Å²) < 4.78 is 9.94. The van der Waals surface area contributed by atoms with Crippen molar-refractivity contribution in [2.75, 3.05) is 12.8 Å². The molecule has 0 aliphatic rings. The number of hydrogen-bond acceptors (Lipinski definition) is 5. The lowest BCUT2D eigenvalue weighted by atomic mass is 10.2. The third-order valence-electron chi connectivity index (χ3n) is 1.76. The van der Waals surface area contributed by atoms with Crippen LogP contribution in [0.3, 0.4) is 0 Å². The molecule has 0 aliphatic heterocycles. The molecule has 2 N–H and O–H groups in total. The van der Waals surface area contributed by atoms with Crippen LogP contribution in [0, 0.1) is 0 Å². The highest BCUT2D eigenvalue weighted by Crippen LogP contribution is 2.24. The van der Waals surface area contributed by atoms with Gasteiger partial charge in [-0.1, -0.05) is 11.2 Å². The first kappa shape index (κ1) is 8.55. The van der Waals surface area contributed by atoms with Crippen LogP contribution in [-0.2, 0) is 0 Å². The minimum atomic E-state index is 0.462. The number of nitrogen functional groups attached to an aromatic ring is 1. The molecule has 72 valence electrons. The molecule has 0 spiro atoms. The number of nitrogens with zero attached hydrogens (tertiary/aromatic N) is 2. The Morgan fingerprint density at radius 1 is 1.43 bits per heavy atom. The van der Waals surface area contributed by atoms with Gasteiger partial charge in [0.05, 0.1) is 13.3 Å². The average Bonchev–Trinajstić information content (AvgIpc) is 2.65. The standard InChI is InChI=1S/C9H9N3O2/c1-13-8-4-2-3-7(12-8)9-6(10)5-11-14-9/h2-5H,10H2,1H3. The first-order valence-corrected chi connectivity index (χ1v) is 4.03. The zero-order valence-electron chi connectivity index (χ0n) is 7.60. The van der Waals surface area contributed by atoms with Crippen molar-refractivity contribution < 1.29 is 9.26 Å². The zero-order valence-corrected chi connectivity index (χ0v) is 7.60. The molecule has 5 nitrogen and oxygen atoms in total. The minimum Gasteiger partial charge on any atom is -0.481 e. The van der Waals surface area contributed by atoms with E-state index in [1.165, 1.54) is 6.20 Å². The van der Waals surface area contributed by atoms with Crippen molar-refractivity contribution in [2.45, 2.75) is 0 Å². The van der Waals surface area contributed by atoms with Gasteiger partial charge in [0.15, 0.2) is 0 Å². The van der Waals surface area contributed by atoms with E-state index in [9.17, 15) is 0 Å². The van der Waals surface area contributed by atoms with E-state index < -0.39 is 0 Å². The lowest BCUT2D eigenvalue weighted by Crippen LogP contribution is -1.91. The van der Waals surface area contributed by atoms with E-state index in [0.717, 1.165) is 0 Å². The lowest BCUT2D eigenvalue weighted by Gasteiger charge is -2.00. The summed E-state index contributed by atoms with van der Waals surface area (Å²) in [6.07, 6.45) is 1.44. The molecular weight excluding hydrogens is 182 g/mol. The Kier molecular flexibility index (Phi) is 2.06. The molecule has 0 saturated heterocycles. The Bertz CT molecular complexity index is 439. The summed E-state index contributed by atoms with van der Waals surface area (Å²) >= 11 is 0. The SMILES string of the molecule is COc1cccc(-c2oncc2N)n1. The van der Waals surface area contributed by atoms with E-state index >= 15 is 0 Å². The van der Waals surface area contributed by atoms with Crippen LogP contribution in [0.1, 0.15) is 0 Å². The number of methoxy groups -OCH3 is 1. The quantitative estimate of drug-likeness (QED) is 0.775. The first-order valence-electron chi connectivity index (χ1n) is 4.03. The molecule has 2 heterocycles. The number of aromatic nitrogens is 2. The summed E-state index contributed by atoms with van der Waals surface area (Å²) in [6, 6.07) is 5.33. The molecule has 0 aliphatic carbocycles. The summed E-state index contributed by atoms with van der Waals surface area (Å²) in [4.78, 5) is 4.16. The first-order chi connectivity index (χ1) is 6.81. The van der Waals surface area contributed by atoms with Crippen molar-refractivity contribution in [3.8, 4) is 17.3 Å². The topological polar surface area (TPSA) is 74.2 Å². The van der Waals surface area contributed by atoms with E-state index in [1.54, 1.807) is 19.2 Å². The molecule has 0 atom stereocenters. The van der Waals surface area contributed by atoms with Gasteiger partial charge in [-0.3, -0.25) is 0 Å². The summed E-state index contributed by atoms with van der Waals surface area (Å²) in [5.74, 6) is 0.974. The van der Waals surface area contributed by atoms with Gasteiger partial charge < -0.3 is 15.0 Å². The highest BCUT2D eigenvalue weighted by atomic mass is 16.5. The van der Waals surface area contributed by atoms with Crippen LogP contribution in [0.4, 0.5) is 5.69 Å². The predicted octanol–water partition coefficient (Wildman–Crippen LogP) is 1.33. The molecule has 0 saturated carbocycles. The lowest BCUT2D eigenvalue weighted by molar-refractivity contribution is 0.396. The zero-order chi connectivity index (χ0) is 9.97. The van der Waals surface area contributed by atoms with Crippen LogP contribution in [0.2, 0.25) is 0 Å². The van der Waals surface area contributed by atoms with E-state index in [2.05, 4.69) is 10.1 Å². The second-order valence-corrected chi connectivity index (χ2v) is 2.68. The van der Waals surface area contributed by atoms with E-state index in [1.807, 2.05) is 6.07 Å². The van der Waals surface area contributed by atoms with Gasteiger partial charge in [-0.2, -0.15) is 0 Å². The minimum absolute atomic E-state index is 0.462. The maximum atomic E-state index is 5.63. The fraction of sp³-hybridized carbons (Fsp3) is 0.111. The summed E-state index contributed by atoms with van der Waals surface area (Å²) in [6.45, 7) is 0. The highest BCUT2D eigenvalue weighted by molar-refractivity contribution is 5.66. The molecule has 2 aromatic rings. The number of pyridine rings is 1. The van der Waals surface area contributed by atoms with Gasteiger partial charge in [0.25, 0.3) is 0 Å². The van der Waals surface area contributed by atoms with Gasteiger partial charge in [-0.15, -0.1) is 0 Å². The molecular formula is C9H9N3O2. The van der Waals surface area contributed by atoms with Crippen molar-refractivity contribution in [3.05, 3.63) is 24.4 Å². The summed E-state index contributed by atoms with van der Waals surface area (Å²) in [5, 5.41) is 3.57. The molecule has 2 rings (SSSR count). The third-order valence-corrected chi connectivity index (χ3v) is 1.76. The van der Waals surface area contributed by atoms with E-state index in [0.29, 0.717) is 23.0 Å². The number of anilines is 1. The highest BCUT2D eigenvalue weighted by Gasteiger charge is 2.09. The Labute approximate surface area is 80.5 Å². The second-order valence-electron chi connectivity index (χ2n) is 2.68. The van der Waals surface area contributed by atoms with Gasteiger partial charge in [0.2, 0.25) is 11.6 Å². The van der Waals surface area contributed by atoms with Crippen LogP contribution < -0.4 is 10.5 Å². The third kappa shape index (κ3) is 1.39. The summed E-state index contributed by atoms with van der Waals surface area (Å²) in [5.41, 5.74) is 6.70. The normalized spacial score (nSPS) is 10.1. The molecule has 5 heteroatoms. The maximum absolute atomic E-state index is 5.63. The molecule has 2 aromatic heterocycles. The van der Waals surface area contributed by atoms with Crippen LogP contribution in [0.15, 0.2) is 28.9 Å². The van der Waals surface area contributed by atoms with Gasteiger partial charge in [0.1, 0.15) is 11.4 Å².